The lowest BCUT2D eigenvalue weighted by Gasteiger charge is -2.27. The fraction of sp³-hybridized carbons (Fsp3) is 0.111. The number of rotatable bonds is 6. The smallest absolute Gasteiger partial charge is 0.266 e. The van der Waals surface area contributed by atoms with E-state index in [2.05, 4.69) is 0 Å². The van der Waals surface area contributed by atoms with Crippen molar-refractivity contribution in [3.63, 3.8) is 0 Å². The minimum atomic E-state index is -4.46. The molecule has 25 heavy (non-hydrogen) atoms. The van der Waals surface area contributed by atoms with Crippen LogP contribution in [0.2, 0.25) is 13.1 Å². The van der Waals surface area contributed by atoms with Crippen molar-refractivity contribution in [1.29, 1.82) is 0 Å². The van der Waals surface area contributed by atoms with Crippen LogP contribution in [0.4, 0.5) is 16.4 Å². The molecular weight excluding hydrogens is 376 g/mol. The number of halogens is 4. The van der Waals surface area contributed by atoms with Crippen LogP contribution in [0.15, 0.2) is 83.5 Å². The molecule has 0 fully saturated rings. The molecule has 0 atom stereocenters. The zero-order valence-corrected chi connectivity index (χ0v) is 17.1. The molecule has 0 aromatic heterocycles. The van der Waals surface area contributed by atoms with Gasteiger partial charge in [-0.05, 0) is 34.9 Å². The highest BCUT2D eigenvalue weighted by Gasteiger charge is 2.36. The monoisotopic (exact) mass is 396 g/mol. The Balaban J connectivity index is 2.74. The first kappa shape index (κ1) is 19.6. The molecule has 2 aromatic carbocycles. The van der Waals surface area contributed by atoms with Gasteiger partial charge in [0.2, 0.25) is 0 Å². The molecule has 0 aliphatic heterocycles. The first-order valence-electron chi connectivity index (χ1n) is 7.90. The lowest BCUT2D eigenvalue weighted by molar-refractivity contribution is 0.638. The molecule has 0 aliphatic carbocycles. The summed E-state index contributed by atoms with van der Waals surface area (Å²) >= 11 is 0. The van der Waals surface area contributed by atoms with Gasteiger partial charge in [0, 0.05) is 0 Å². The Kier molecular flexibility index (Phi) is 6.02. The summed E-state index contributed by atoms with van der Waals surface area (Å²) in [5, 5.41) is 1.62. The van der Waals surface area contributed by atoms with Crippen LogP contribution in [0.1, 0.15) is 0 Å². The highest BCUT2D eigenvalue weighted by atomic mass is 28.4. The van der Waals surface area contributed by atoms with Gasteiger partial charge in [0.25, 0.3) is 0 Å². The van der Waals surface area contributed by atoms with Crippen LogP contribution in [0.3, 0.4) is 0 Å². The van der Waals surface area contributed by atoms with E-state index in [1.54, 1.807) is 0 Å². The van der Waals surface area contributed by atoms with Crippen molar-refractivity contribution in [2.24, 2.45) is 0 Å². The van der Waals surface area contributed by atoms with Crippen molar-refractivity contribution in [3.05, 3.63) is 83.5 Å². The fourth-order valence-electron chi connectivity index (χ4n) is 2.59. The summed E-state index contributed by atoms with van der Waals surface area (Å²) in [4.78, 5) is 0. The molecule has 0 unspecified atom stereocenters. The second kappa shape index (κ2) is 7.67. The molecule has 0 spiro atoms. The maximum absolute atomic E-state index is 13.7. The van der Waals surface area contributed by atoms with Gasteiger partial charge in [-0.3, -0.25) is 16.4 Å². The van der Waals surface area contributed by atoms with Gasteiger partial charge in [-0.1, -0.05) is 72.1 Å². The normalized spacial score (nSPS) is 13.7. The highest BCUT2D eigenvalue weighted by Crippen LogP contribution is 2.17. The number of hydrogen-bond acceptors (Lipinski definition) is 0. The quantitative estimate of drug-likeness (QED) is 0.382. The molecule has 7 heteroatoms. The lowest BCUT2D eigenvalue weighted by atomic mass is 10.4. The van der Waals surface area contributed by atoms with E-state index in [0.29, 0.717) is 0 Å². The van der Waals surface area contributed by atoms with Crippen LogP contribution >= 0.6 is 0 Å². The zero-order valence-electron chi connectivity index (χ0n) is 14.1. The van der Waals surface area contributed by atoms with Crippen LogP contribution in [0.5, 0.6) is 0 Å². The van der Waals surface area contributed by atoms with Gasteiger partial charge in [0.05, 0.1) is 0 Å². The third-order valence-corrected chi connectivity index (χ3v) is 9.91. The van der Waals surface area contributed by atoms with Crippen molar-refractivity contribution >= 4 is 35.9 Å². The Hall–Kier alpha value is -1.71. The molecular formula is C18H20F4Si3. The SMILES string of the molecule is C[Si](F)(F)/C=C/[Si](/C=C/[Si](C)(F)F)(c1ccccc1)c1ccccc1. The maximum Gasteiger partial charge on any atom is 0.444 e. The number of benzene rings is 2. The van der Waals surface area contributed by atoms with E-state index >= 15 is 0 Å². The fourth-order valence-corrected chi connectivity index (χ4v) is 9.74. The molecule has 0 N–H and O–H groups in total. The summed E-state index contributed by atoms with van der Waals surface area (Å²) < 4.78 is 54.7. The molecule has 0 radical (unpaired) electrons. The first-order chi connectivity index (χ1) is 11.6. The van der Waals surface area contributed by atoms with Crippen LogP contribution in [-0.4, -0.2) is 25.6 Å². The Bertz CT molecular complexity index is 667. The molecule has 0 heterocycles. The Morgan fingerprint density at radius 2 is 0.880 bits per heavy atom. The summed E-state index contributed by atoms with van der Waals surface area (Å²) in [6, 6.07) is 18.2. The second-order valence-corrected chi connectivity index (χ2v) is 14.2. The molecule has 2 rings (SSSR count). The molecule has 0 amide bonds. The molecule has 0 aliphatic rings. The molecule has 0 saturated heterocycles. The Labute approximate surface area is 149 Å². The van der Waals surface area contributed by atoms with Crippen LogP contribution < -0.4 is 10.4 Å². The van der Waals surface area contributed by atoms with E-state index < -0.39 is 25.6 Å². The summed E-state index contributed by atoms with van der Waals surface area (Å²) in [6.45, 7) is 1.87. The molecule has 132 valence electrons. The van der Waals surface area contributed by atoms with Gasteiger partial charge in [0.15, 0.2) is 8.07 Å². The van der Waals surface area contributed by atoms with Crippen LogP contribution in [0, 0.1) is 0 Å². The van der Waals surface area contributed by atoms with Crippen LogP contribution in [0.25, 0.3) is 0 Å². The van der Waals surface area contributed by atoms with Gasteiger partial charge in [-0.2, -0.15) is 0 Å². The molecule has 0 nitrogen and oxygen atoms in total. The largest absolute Gasteiger partial charge is 0.444 e. The van der Waals surface area contributed by atoms with Gasteiger partial charge in [0.1, 0.15) is 0 Å². The van der Waals surface area contributed by atoms with E-state index in [9.17, 15) is 16.4 Å². The van der Waals surface area contributed by atoms with E-state index in [1.165, 1.54) is 11.4 Å². The minimum Gasteiger partial charge on any atom is -0.266 e. The van der Waals surface area contributed by atoms with Crippen LogP contribution in [-0.2, 0) is 0 Å². The summed E-state index contributed by atoms with van der Waals surface area (Å²) in [5.74, 6) is 0. The van der Waals surface area contributed by atoms with Gasteiger partial charge < -0.3 is 0 Å². The van der Waals surface area contributed by atoms with E-state index in [0.717, 1.165) is 34.9 Å². The van der Waals surface area contributed by atoms with Crippen molar-refractivity contribution in [3.8, 4) is 0 Å². The predicted octanol–water partition coefficient (Wildman–Crippen LogP) is 4.54. The average molecular weight is 397 g/mol. The van der Waals surface area contributed by atoms with Crippen molar-refractivity contribution < 1.29 is 16.4 Å². The third kappa shape index (κ3) is 5.65. The van der Waals surface area contributed by atoms with E-state index in [4.69, 9.17) is 0 Å². The standard InChI is InChI=1S/C18H20F4Si3/c1-23(19,20)13-15-25(16-14-24(2,21)22,17-9-5-3-6-10-17)18-11-7-4-8-12-18/h3-16H,1-2H3/b15-13+,16-14+. The molecule has 0 saturated carbocycles. The van der Waals surface area contributed by atoms with Crippen molar-refractivity contribution in [2.45, 2.75) is 13.1 Å². The summed E-state index contributed by atoms with van der Waals surface area (Å²) in [5.41, 5.74) is 4.97. The van der Waals surface area contributed by atoms with E-state index in [1.807, 2.05) is 60.7 Å². The molecule has 2 aromatic rings. The Morgan fingerprint density at radius 1 is 0.560 bits per heavy atom. The zero-order chi connectivity index (χ0) is 18.6. The summed E-state index contributed by atoms with van der Waals surface area (Å²) in [6.07, 6.45) is 0. The van der Waals surface area contributed by atoms with Crippen molar-refractivity contribution in [1.82, 2.24) is 0 Å². The predicted molar refractivity (Wildman–Crippen MR) is 104 cm³/mol. The Morgan fingerprint density at radius 3 is 1.16 bits per heavy atom. The lowest BCUT2D eigenvalue weighted by Crippen LogP contribution is -2.56. The van der Waals surface area contributed by atoms with Gasteiger partial charge in [-0.25, -0.2) is 0 Å². The highest BCUT2D eigenvalue weighted by molar-refractivity contribution is 7.10. The maximum atomic E-state index is 13.7. The third-order valence-electron chi connectivity index (χ3n) is 3.78. The van der Waals surface area contributed by atoms with E-state index in [-0.39, 0.29) is 0 Å². The topological polar surface area (TPSA) is 0 Å². The second-order valence-electron chi connectivity index (χ2n) is 6.18. The average Bonchev–Trinajstić information content (AvgIpc) is 2.55. The van der Waals surface area contributed by atoms with Gasteiger partial charge in [-0.15, -0.1) is 0 Å². The first-order valence-corrected chi connectivity index (χ1v) is 14.7. The van der Waals surface area contributed by atoms with Gasteiger partial charge >= 0.3 is 17.5 Å². The number of hydrogen-bond donors (Lipinski definition) is 0. The minimum absolute atomic E-state index is 0.810. The summed E-state index contributed by atoms with van der Waals surface area (Å²) in [7, 11) is -11.9. The van der Waals surface area contributed by atoms with Crippen molar-refractivity contribution in [2.75, 3.05) is 0 Å². The molecule has 0 bridgehead atoms.